The second-order valence-electron chi connectivity index (χ2n) is 2.72. The lowest BCUT2D eigenvalue weighted by molar-refractivity contribution is -0.114. The van der Waals surface area contributed by atoms with Crippen molar-refractivity contribution in [2.75, 3.05) is 5.32 Å². The van der Waals surface area contributed by atoms with E-state index in [4.69, 9.17) is 0 Å². The van der Waals surface area contributed by atoms with Crippen molar-refractivity contribution in [3.8, 4) is 0 Å². The fourth-order valence-corrected chi connectivity index (χ4v) is 1.12. The molecule has 0 aliphatic heterocycles. The van der Waals surface area contributed by atoms with Crippen LogP contribution < -0.4 is 5.32 Å². The third-order valence-corrected chi connectivity index (χ3v) is 1.65. The number of nitrogens with one attached hydrogen (secondary N) is 2. The maximum absolute atomic E-state index is 10.7. The minimum absolute atomic E-state index is 0.0946. The predicted molar refractivity (Wildman–Crippen MR) is 48.2 cm³/mol. The smallest absolute Gasteiger partial charge is 0.221 e. The quantitative estimate of drug-likeness (QED) is 0.678. The number of rotatable bonds is 1. The van der Waals surface area contributed by atoms with Crippen LogP contribution in [0.4, 0.5) is 5.69 Å². The van der Waals surface area contributed by atoms with E-state index in [0.717, 1.165) is 16.7 Å². The Hall–Kier alpha value is -1.91. The molecule has 2 rings (SSSR count). The second-order valence-corrected chi connectivity index (χ2v) is 2.72. The first-order valence-corrected chi connectivity index (χ1v) is 3.84. The van der Waals surface area contributed by atoms with E-state index < -0.39 is 0 Å². The molecule has 0 radical (unpaired) electrons. The molecular formula is C8H8N4O. The number of hydrogen-bond donors (Lipinski definition) is 2. The van der Waals surface area contributed by atoms with E-state index in [1.54, 1.807) is 12.1 Å². The summed E-state index contributed by atoms with van der Waals surface area (Å²) in [6, 6.07) is 5.38. The van der Waals surface area contributed by atoms with Gasteiger partial charge in [0.1, 0.15) is 5.52 Å². The van der Waals surface area contributed by atoms with Crippen molar-refractivity contribution in [1.82, 2.24) is 15.4 Å². The van der Waals surface area contributed by atoms with Gasteiger partial charge in [0.25, 0.3) is 0 Å². The summed E-state index contributed by atoms with van der Waals surface area (Å²) in [6.07, 6.45) is 0. The molecule has 5 heteroatoms. The standard InChI is InChI=1S/C8H8N4O/c1-5(13)9-6-2-3-7-8(4-6)11-12-10-7/h2-4H,1H3,(H,9,13)(H,10,11,12). The van der Waals surface area contributed by atoms with E-state index in [1.807, 2.05) is 6.07 Å². The molecule has 0 bridgehead atoms. The van der Waals surface area contributed by atoms with Crippen molar-refractivity contribution in [1.29, 1.82) is 0 Å². The van der Waals surface area contributed by atoms with Crippen LogP contribution in [0.5, 0.6) is 0 Å². The number of aromatic nitrogens is 3. The number of nitrogens with zero attached hydrogens (tertiary/aromatic N) is 2. The number of hydrogen-bond acceptors (Lipinski definition) is 3. The van der Waals surface area contributed by atoms with Gasteiger partial charge in [0, 0.05) is 12.6 Å². The summed E-state index contributed by atoms with van der Waals surface area (Å²) in [5.74, 6) is -0.0946. The third-order valence-electron chi connectivity index (χ3n) is 1.65. The highest BCUT2D eigenvalue weighted by atomic mass is 16.1. The fourth-order valence-electron chi connectivity index (χ4n) is 1.12. The minimum Gasteiger partial charge on any atom is -0.326 e. The summed E-state index contributed by atoms with van der Waals surface area (Å²) >= 11 is 0. The zero-order valence-electron chi connectivity index (χ0n) is 7.03. The van der Waals surface area contributed by atoms with Crippen molar-refractivity contribution >= 4 is 22.6 Å². The lowest BCUT2D eigenvalue weighted by atomic mass is 10.3. The van der Waals surface area contributed by atoms with Gasteiger partial charge in [-0.3, -0.25) is 9.89 Å². The molecule has 2 N–H and O–H groups in total. The first kappa shape index (κ1) is 7.72. The Morgan fingerprint density at radius 1 is 1.54 bits per heavy atom. The van der Waals surface area contributed by atoms with Gasteiger partial charge in [-0.05, 0) is 18.2 Å². The maximum Gasteiger partial charge on any atom is 0.221 e. The Labute approximate surface area is 74.1 Å². The Morgan fingerprint density at radius 2 is 2.38 bits per heavy atom. The fraction of sp³-hybridized carbons (Fsp3) is 0.125. The van der Waals surface area contributed by atoms with Gasteiger partial charge in [-0.1, -0.05) is 5.21 Å². The van der Waals surface area contributed by atoms with Gasteiger partial charge >= 0.3 is 0 Å². The molecular weight excluding hydrogens is 168 g/mol. The molecule has 0 saturated heterocycles. The van der Waals surface area contributed by atoms with E-state index in [-0.39, 0.29) is 5.91 Å². The average Bonchev–Trinajstić information content (AvgIpc) is 2.49. The van der Waals surface area contributed by atoms with E-state index in [1.165, 1.54) is 6.92 Å². The largest absolute Gasteiger partial charge is 0.326 e. The van der Waals surface area contributed by atoms with Crippen LogP contribution in [-0.4, -0.2) is 21.3 Å². The van der Waals surface area contributed by atoms with Crippen LogP contribution in [0.2, 0.25) is 0 Å². The van der Waals surface area contributed by atoms with Gasteiger partial charge in [-0.25, -0.2) is 0 Å². The summed E-state index contributed by atoms with van der Waals surface area (Å²) in [6.45, 7) is 1.47. The third kappa shape index (κ3) is 1.48. The second kappa shape index (κ2) is 2.85. The van der Waals surface area contributed by atoms with Crippen molar-refractivity contribution in [3.63, 3.8) is 0 Å². The van der Waals surface area contributed by atoms with Crippen molar-refractivity contribution in [2.24, 2.45) is 0 Å². The number of amides is 1. The van der Waals surface area contributed by atoms with Crippen molar-refractivity contribution in [3.05, 3.63) is 18.2 Å². The molecule has 1 aromatic heterocycles. The molecule has 1 amide bonds. The zero-order valence-corrected chi connectivity index (χ0v) is 7.03. The molecule has 0 aliphatic carbocycles. The Bertz CT molecular complexity index is 448. The minimum atomic E-state index is -0.0946. The number of carbonyl (C=O) groups is 1. The van der Waals surface area contributed by atoms with Crippen LogP contribution >= 0.6 is 0 Å². The molecule has 2 aromatic rings. The highest BCUT2D eigenvalue weighted by Gasteiger charge is 1.99. The van der Waals surface area contributed by atoms with Crippen LogP contribution in [0, 0.1) is 0 Å². The average molecular weight is 176 g/mol. The first-order valence-electron chi connectivity index (χ1n) is 3.84. The zero-order chi connectivity index (χ0) is 9.26. The SMILES string of the molecule is CC(=O)Nc1ccc2[nH]nnc2c1. The van der Waals surface area contributed by atoms with Crippen molar-refractivity contribution in [2.45, 2.75) is 6.92 Å². The van der Waals surface area contributed by atoms with Gasteiger partial charge in [-0.15, -0.1) is 5.10 Å². The molecule has 1 aromatic carbocycles. The molecule has 66 valence electrons. The van der Waals surface area contributed by atoms with Crippen LogP contribution in [0.25, 0.3) is 11.0 Å². The summed E-state index contributed by atoms with van der Waals surface area (Å²) < 4.78 is 0. The highest BCUT2D eigenvalue weighted by Crippen LogP contribution is 2.14. The topological polar surface area (TPSA) is 70.7 Å². The van der Waals surface area contributed by atoms with E-state index >= 15 is 0 Å². The molecule has 0 aliphatic rings. The Kier molecular flexibility index (Phi) is 1.70. The van der Waals surface area contributed by atoms with E-state index in [2.05, 4.69) is 20.7 Å². The number of H-pyrrole nitrogens is 1. The number of fused-ring (bicyclic) bond motifs is 1. The van der Waals surface area contributed by atoms with Crippen LogP contribution in [0.15, 0.2) is 18.2 Å². The van der Waals surface area contributed by atoms with Crippen LogP contribution in [-0.2, 0) is 4.79 Å². The monoisotopic (exact) mass is 176 g/mol. The molecule has 1 heterocycles. The number of anilines is 1. The van der Waals surface area contributed by atoms with E-state index in [9.17, 15) is 4.79 Å². The molecule has 0 spiro atoms. The summed E-state index contributed by atoms with van der Waals surface area (Å²) in [4.78, 5) is 10.7. The molecule has 13 heavy (non-hydrogen) atoms. The van der Waals surface area contributed by atoms with Crippen LogP contribution in [0.1, 0.15) is 6.92 Å². The van der Waals surface area contributed by atoms with Gasteiger partial charge in [0.05, 0.1) is 5.52 Å². The molecule has 0 saturated carbocycles. The van der Waals surface area contributed by atoms with Gasteiger partial charge in [0.2, 0.25) is 5.91 Å². The highest BCUT2D eigenvalue weighted by molar-refractivity contribution is 5.91. The molecule has 0 fully saturated rings. The van der Waals surface area contributed by atoms with Gasteiger partial charge < -0.3 is 5.32 Å². The number of carbonyl (C=O) groups excluding carboxylic acids is 1. The Balaban J connectivity index is 2.42. The molecule has 5 nitrogen and oxygen atoms in total. The van der Waals surface area contributed by atoms with E-state index in [0.29, 0.717) is 0 Å². The van der Waals surface area contributed by atoms with Gasteiger partial charge in [0.15, 0.2) is 0 Å². The molecule has 0 unspecified atom stereocenters. The first-order chi connectivity index (χ1) is 6.25. The number of benzene rings is 1. The summed E-state index contributed by atoms with van der Waals surface area (Å²) in [7, 11) is 0. The normalized spacial score (nSPS) is 10.2. The predicted octanol–water partition coefficient (Wildman–Crippen LogP) is 0.916. The van der Waals surface area contributed by atoms with Crippen molar-refractivity contribution < 1.29 is 4.79 Å². The van der Waals surface area contributed by atoms with Gasteiger partial charge in [-0.2, -0.15) is 0 Å². The molecule has 0 atom stereocenters. The summed E-state index contributed by atoms with van der Waals surface area (Å²) in [5.41, 5.74) is 2.33. The lowest BCUT2D eigenvalue weighted by Gasteiger charge is -1.99. The Morgan fingerprint density at radius 3 is 3.15 bits per heavy atom. The lowest BCUT2D eigenvalue weighted by Crippen LogP contribution is -2.05. The summed E-state index contributed by atoms with van der Waals surface area (Å²) in [5, 5.41) is 12.9. The maximum atomic E-state index is 10.7. The van der Waals surface area contributed by atoms with Crippen LogP contribution in [0.3, 0.4) is 0 Å². The number of aromatic amines is 1.